The number of ether oxygens (including phenoxy) is 1. The van der Waals surface area contributed by atoms with Crippen LogP contribution in [0.25, 0.3) is 0 Å². The maximum absolute atomic E-state index is 11.9. The molecule has 0 aliphatic carbocycles. The second-order valence-corrected chi connectivity index (χ2v) is 4.89. The molecule has 6 nitrogen and oxygen atoms in total. The van der Waals surface area contributed by atoms with E-state index in [2.05, 4.69) is 20.6 Å². The number of nitrogens with zero attached hydrogens (tertiary/aromatic N) is 2. The molecule has 1 fully saturated rings. The first-order chi connectivity index (χ1) is 9.17. The largest absolute Gasteiger partial charge is 0.481 e. The number of methoxy groups -OCH3 is 1. The maximum atomic E-state index is 11.9. The molecule has 1 aliphatic heterocycles. The number of hydrogen-bond donors (Lipinski definition) is 2. The summed E-state index contributed by atoms with van der Waals surface area (Å²) in [6.45, 7) is 1.94. The van der Waals surface area contributed by atoms with E-state index in [1.165, 1.54) is 13.2 Å². The Balaban J connectivity index is 1.92. The van der Waals surface area contributed by atoms with Crippen molar-refractivity contribution < 1.29 is 9.53 Å². The van der Waals surface area contributed by atoms with Crippen LogP contribution in [0.15, 0.2) is 6.07 Å². The van der Waals surface area contributed by atoms with Gasteiger partial charge in [-0.2, -0.15) is 4.98 Å². The first-order valence-electron chi connectivity index (χ1n) is 6.26. The maximum Gasteiger partial charge on any atom is 0.234 e. The van der Waals surface area contributed by atoms with Gasteiger partial charge in [0.15, 0.2) is 0 Å². The van der Waals surface area contributed by atoms with Gasteiger partial charge in [-0.1, -0.05) is 11.6 Å². The third-order valence-electron chi connectivity index (χ3n) is 3.06. The van der Waals surface area contributed by atoms with Crippen molar-refractivity contribution in [1.82, 2.24) is 15.3 Å². The summed E-state index contributed by atoms with van der Waals surface area (Å²) in [4.78, 5) is 19.9. The minimum atomic E-state index is -0.0868. The average molecular weight is 285 g/mol. The highest BCUT2D eigenvalue weighted by Crippen LogP contribution is 2.18. The second-order valence-electron chi connectivity index (χ2n) is 4.50. The van der Waals surface area contributed by atoms with Crippen molar-refractivity contribution in [3.8, 4) is 5.88 Å². The Bertz CT molecular complexity index is 449. The van der Waals surface area contributed by atoms with E-state index in [1.54, 1.807) is 0 Å². The third-order valence-corrected chi connectivity index (χ3v) is 3.26. The van der Waals surface area contributed by atoms with Crippen LogP contribution in [0.4, 0.5) is 5.95 Å². The molecule has 1 saturated heterocycles. The molecule has 104 valence electrons. The number of anilines is 1. The van der Waals surface area contributed by atoms with Gasteiger partial charge in [0, 0.05) is 12.5 Å². The van der Waals surface area contributed by atoms with Crippen molar-refractivity contribution in [2.75, 3.05) is 25.5 Å². The van der Waals surface area contributed by atoms with Gasteiger partial charge in [-0.05, 0) is 31.8 Å². The number of nitrogens with one attached hydrogen (secondary N) is 2. The molecule has 0 unspecified atom stereocenters. The van der Waals surface area contributed by atoms with Gasteiger partial charge in [-0.3, -0.25) is 10.1 Å². The fourth-order valence-electron chi connectivity index (χ4n) is 2.08. The van der Waals surface area contributed by atoms with E-state index in [0.29, 0.717) is 18.2 Å². The lowest BCUT2D eigenvalue weighted by molar-refractivity contribution is -0.117. The fraction of sp³-hybridized carbons (Fsp3) is 0.583. The molecule has 0 radical (unpaired) electrons. The molecule has 0 spiro atoms. The van der Waals surface area contributed by atoms with Gasteiger partial charge in [0.05, 0.1) is 7.11 Å². The van der Waals surface area contributed by atoms with Gasteiger partial charge in [0.25, 0.3) is 0 Å². The van der Waals surface area contributed by atoms with Crippen LogP contribution in [0.1, 0.15) is 19.3 Å². The number of aromatic nitrogens is 2. The van der Waals surface area contributed by atoms with Gasteiger partial charge in [0.2, 0.25) is 17.7 Å². The first kappa shape index (κ1) is 14.0. The van der Waals surface area contributed by atoms with E-state index >= 15 is 0 Å². The molecule has 1 amide bonds. The highest BCUT2D eigenvalue weighted by Gasteiger charge is 2.17. The topological polar surface area (TPSA) is 76.1 Å². The lowest BCUT2D eigenvalue weighted by Gasteiger charge is -2.21. The SMILES string of the molecule is COc1cc(Cl)nc(NC(=O)CC2CCNCC2)n1. The number of rotatable bonds is 4. The number of halogens is 1. The van der Waals surface area contributed by atoms with E-state index in [-0.39, 0.29) is 17.0 Å². The summed E-state index contributed by atoms with van der Waals surface area (Å²) in [6, 6.07) is 1.49. The summed E-state index contributed by atoms with van der Waals surface area (Å²) in [6.07, 6.45) is 2.53. The van der Waals surface area contributed by atoms with Gasteiger partial charge in [-0.15, -0.1) is 0 Å². The minimum absolute atomic E-state index is 0.0868. The normalized spacial score (nSPS) is 16.1. The Morgan fingerprint density at radius 3 is 2.95 bits per heavy atom. The molecule has 1 aromatic rings. The fourth-order valence-corrected chi connectivity index (χ4v) is 2.25. The molecule has 1 aromatic heterocycles. The summed E-state index contributed by atoms with van der Waals surface area (Å²) < 4.78 is 4.97. The highest BCUT2D eigenvalue weighted by atomic mass is 35.5. The number of amides is 1. The molecule has 0 atom stereocenters. The zero-order chi connectivity index (χ0) is 13.7. The molecule has 0 bridgehead atoms. The Labute approximate surface area is 116 Å². The lowest BCUT2D eigenvalue weighted by Crippen LogP contribution is -2.30. The van der Waals surface area contributed by atoms with Crippen LogP contribution < -0.4 is 15.4 Å². The highest BCUT2D eigenvalue weighted by molar-refractivity contribution is 6.29. The standard InChI is InChI=1S/C12H17ClN4O2/c1-19-11-7-9(13)15-12(17-11)16-10(18)6-8-2-4-14-5-3-8/h7-8,14H,2-6H2,1H3,(H,15,16,17,18). The van der Waals surface area contributed by atoms with Crippen molar-refractivity contribution in [3.63, 3.8) is 0 Å². The van der Waals surface area contributed by atoms with Crippen molar-refractivity contribution in [2.24, 2.45) is 5.92 Å². The summed E-state index contributed by atoms with van der Waals surface area (Å²) >= 11 is 5.81. The van der Waals surface area contributed by atoms with E-state index in [4.69, 9.17) is 16.3 Å². The van der Waals surface area contributed by atoms with Gasteiger partial charge in [0.1, 0.15) is 5.15 Å². The molecular formula is C12H17ClN4O2. The molecule has 0 saturated carbocycles. The predicted molar refractivity (Wildman–Crippen MR) is 72.4 cm³/mol. The van der Waals surface area contributed by atoms with Crippen molar-refractivity contribution in [3.05, 3.63) is 11.2 Å². The lowest BCUT2D eigenvalue weighted by atomic mass is 9.94. The monoisotopic (exact) mass is 284 g/mol. The van der Waals surface area contributed by atoms with Crippen LogP contribution in [-0.2, 0) is 4.79 Å². The van der Waals surface area contributed by atoms with Crippen LogP contribution in [0, 0.1) is 5.92 Å². The Kier molecular flexibility index (Phi) is 4.93. The summed E-state index contributed by atoms with van der Waals surface area (Å²) in [5.41, 5.74) is 0. The van der Waals surface area contributed by atoms with Crippen LogP contribution in [0.5, 0.6) is 5.88 Å². The molecule has 7 heteroatoms. The van der Waals surface area contributed by atoms with Crippen LogP contribution in [0.3, 0.4) is 0 Å². The number of piperidine rings is 1. The van der Waals surface area contributed by atoms with Gasteiger partial charge >= 0.3 is 0 Å². The van der Waals surface area contributed by atoms with Crippen molar-refractivity contribution in [1.29, 1.82) is 0 Å². The molecule has 19 heavy (non-hydrogen) atoms. The van der Waals surface area contributed by atoms with Crippen molar-refractivity contribution in [2.45, 2.75) is 19.3 Å². The Hall–Kier alpha value is -1.40. The third kappa shape index (κ3) is 4.33. The van der Waals surface area contributed by atoms with Crippen LogP contribution in [-0.4, -0.2) is 36.1 Å². The first-order valence-corrected chi connectivity index (χ1v) is 6.64. The molecular weight excluding hydrogens is 268 g/mol. The van der Waals surface area contributed by atoms with Crippen molar-refractivity contribution >= 4 is 23.5 Å². The Morgan fingerprint density at radius 2 is 2.26 bits per heavy atom. The van der Waals surface area contributed by atoms with E-state index in [0.717, 1.165) is 25.9 Å². The summed E-state index contributed by atoms with van der Waals surface area (Å²) in [7, 11) is 1.49. The number of hydrogen-bond acceptors (Lipinski definition) is 5. The van der Waals surface area contributed by atoms with Crippen LogP contribution >= 0.6 is 11.6 Å². The average Bonchev–Trinajstić information content (AvgIpc) is 2.38. The predicted octanol–water partition coefficient (Wildman–Crippen LogP) is 1.47. The summed E-state index contributed by atoms with van der Waals surface area (Å²) in [5, 5.41) is 6.17. The number of carbonyl (C=O) groups is 1. The zero-order valence-electron chi connectivity index (χ0n) is 10.8. The second kappa shape index (κ2) is 6.68. The van der Waals surface area contributed by atoms with Gasteiger partial charge < -0.3 is 10.1 Å². The van der Waals surface area contributed by atoms with E-state index in [1.807, 2.05) is 0 Å². The molecule has 0 aromatic carbocycles. The number of carbonyl (C=O) groups excluding carboxylic acids is 1. The molecule has 1 aliphatic rings. The zero-order valence-corrected chi connectivity index (χ0v) is 11.5. The molecule has 2 rings (SSSR count). The Morgan fingerprint density at radius 1 is 1.53 bits per heavy atom. The molecule has 2 N–H and O–H groups in total. The quantitative estimate of drug-likeness (QED) is 0.819. The molecule has 2 heterocycles. The van der Waals surface area contributed by atoms with E-state index < -0.39 is 0 Å². The minimum Gasteiger partial charge on any atom is -0.481 e. The summed E-state index contributed by atoms with van der Waals surface area (Å²) in [5.74, 6) is 0.846. The van der Waals surface area contributed by atoms with E-state index in [9.17, 15) is 4.79 Å². The smallest absolute Gasteiger partial charge is 0.234 e. The van der Waals surface area contributed by atoms with Crippen LogP contribution in [0.2, 0.25) is 5.15 Å². The van der Waals surface area contributed by atoms with Gasteiger partial charge in [-0.25, -0.2) is 4.98 Å².